The molecule has 0 atom stereocenters. The van der Waals surface area contributed by atoms with Gasteiger partial charge in [0.25, 0.3) is 5.91 Å². The standard InChI is InChI=1S/C13H21BrN2O3/c1-2-5-16-10-11(14)9-12(16)13(18)15-4-3-7-19-8-6-17/h9-10,17H,2-8H2,1H3,(H,15,18). The number of nitrogens with zero attached hydrogens (tertiary/aromatic N) is 1. The van der Waals surface area contributed by atoms with E-state index in [0.717, 1.165) is 23.9 Å². The number of aromatic nitrogens is 1. The maximum absolute atomic E-state index is 12.0. The lowest BCUT2D eigenvalue weighted by Crippen LogP contribution is -2.27. The summed E-state index contributed by atoms with van der Waals surface area (Å²) in [5.74, 6) is -0.0682. The molecule has 0 aromatic carbocycles. The molecule has 0 spiro atoms. The van der Waals surface area contributed by atoms with Crippen LogP contribution in [0.15, 0.2) is 16.7 Å². The minimum Gasteiger partial charge on any atom is -0.394 e. The van der Waals surface area contributed by atoms with Crippen LogP contribution in [0.5, 0.6) is 0 Å². The van der Waals surface area contributed by atoms with Gasteiger partial charge in [0.05, 0.1) is 13.2 Å². The summed E-state index contributed by atoms with van der Waals surface area (Å²) in [6.07, 6.45) is 3.64. The molecular weight excluding hydrogens is 312 g/mol. The Morgan fingerprint density at radius 2 is 2.32 bits per heavy atom. The molecule has 6 heteroatoms. The van der Waals surface area contributed by atoms with Gasteiger partial charge in [0, 0.05) is 30.4 Å². The number of hydrogen-bond donors (Lipinski definition) is 2. The first-order chi connectivity index (χ1) is 9.19. The Bertz CT molecular complexity index is 393. The topological polar surface area (TPSA) is 63.5 Å². The zero-order valence-corrected chi connectivity index (χ0v) is 12.8. The molecule has 5 nitrogen and oxygen atoms in total. The number of aryl methyl sites for hydroxylation is 1. The third kappa shape index (κ3) is 5.76. The fourth-order valence-corrected chi connectivity index (χ4v) is 2.19. The van der Waals surface area contributed by atoms with Crippen LogP contribution in [0.25, 0.3) is 0 Å². The quantitative estimate of drug-likeness (QED) is 0.677. The van der Waals surface area contributed by atoms with E-state index in [0.29, 0.717) is 25.5 Å². The summed E-state index contributed by atoms with van der Waals surface area (Å²) in [6, 6.07) is 1.83. The van der Waals surface area contributed by atoms with E-state index in [1.165, 1.54) is 0 Å². The maximum Gasteiger partial charge on any atom is 0.267 e. The van der Waals surface area contributed by atoms with E-state index in [-0.39, 0.29) is 12.5 Å². The number of carbonyl (C=O) groups is 1. The van der Waals surface area contributed by atoms with Crippen LogP contribution in [0.2, 0.25) is 0 Å². The summed E-state index contributed by atoms with van der Waals surface area (Å²) in [6.45, 7) is 4.40. The number of carbonyl (C=O) groups excluding carboxylic acids is 1. The molecule has 0 fully saturated rings. The number of aliphatic hydroxyl groups is 1. The SMILES string of the molecule is CCCn1cc(Br)cc1C(=O)NCCCOCCO. The van der Waals surface area contributed by atoms with Crippen LogP contribution < -0.4 is 5.32 Å². The Balaban J connectivity index is 2.36. The first-order valence-corrected chi connectivity index (χ1v) is 7.30. The second-order valence-corrected chi connectivity index (χ2v) is 5.10. The Morgan fingerprint density at radius 3 is 3.00 bits per heavy atom. The monoisotopic (exact) mass is 332 g/mol. The highest BCUT2D eigenvalue weighted by Gasteiger charge is 2.11. The van der Waals surface area contributed by atoms with Crippen LogP contribution in [-0.4, -0.2) is 41.9 Å². The second kappa shape index (κ2) is 9.12. The normalized spacial score (nSPS) is 10.7. The van der Waals surface area contributed by atoms with Crippen molar-refractivity contribution < 1.29 is 14.6 Å². The smallest absolute Gasteiger partial charge is 0.267 e. The van der Waals surface area contributed by atoms with Crippen molar-refractivity contribution >= 4 is 21.8 Å². The number of nitrogens with one attached hydrogen (secondary N) is 1. The molecule has 0 radical (unpaired) electrons. The molecule has 0 bridgehead atoms. The van der Waals surface area contributed by atoms with Gasteiger partial charge in [-0.05, 0) is 34.8 Å². The molecule has 0 saturated heterocycles. The molecular formula is C13H21BrN2O3. The highest BCUT2D eigenvalue weighted by atomic mass is 79.9. The molecule has 1 amide bonds. The van der Waals surface area contributed by atoms with E-state index in [1.54, 1.807) is 0 Å². The van der Waals surface area contributed by atoms with Crippen molar-refractivity contribution in [3.63, 3.8) is 0 Å². The third-order valence-corrected chi connectivity index (χ3v) is 2.98. The predicted molar refractivity (Wildman–Crippen MR) is 77.3 cm³/mol. The molecule has 0 aliphatic heterocycles. The van der Waals surface area contributed by atoms with Gasteiger partial charge in [-0.25, -0.2) is 0 Å². The molecule has 0 saturated carbocycles. The fourth-order valence-electron chi connectivity index (χ4n) is 1.72. The lowest BCUT2D eigenvalue weighted by Gasteiger charge is -2.08. The van der Waals surface area contributed by atoms with E-state index in [2.05, 4.69) is 28.2 Å². The average molecular weight is 333 g/mol. The molecule has 0 aliphatic rings. The summed E-state index contributed by atoms with van der Waals surface area (Å²) in [5, 5.41) is 11.4. The molecule has 0 unspecified atom stereocenters. The van der Waals surface area contributed by atoms with Crippen LogP contribution in [0.3, 0.4) is 0 Å². The van der Waals surface area contributed by atoms with Crippen molar-refractivity contribution in [1.29, 1.82) is 0 Å². The summed E-state index contributed by atoms with van der Waals surface area (Å²) in [5.41, 5.74) is 0.671. The minimum atomic E-state index is -0.0682. The molecule has 2 N–H and O–H groups in total. The molecule has 108 valence electrons. The van der Waals surface area contributed by atoms with Gasteiger partial charge in [-0.15, -0.1) is 0 Å². The zero-order chi connectivity index (χ0) is 14.1. The Hall–Kier alpha value is -0.850. The van der Waals surface area contributed by atoms with Crippen LogP contribution in [-0.2, 0) is 11.3 Å². The van der Waals surface area contributed by atoms with Crippen molar-refractivity contribution in [2.75, 3.05) is 26.4 Å². The van der Waals surface area contributed by atoms with Crippen LogP contribution in [0.4, 0.5) is 0 Å². The van der Waals surface area contributed by atoms with Crippen molar-refractivity contribution in [3.05, 3.63) is 22.4 Å². The summed E-state index contributed by atoms with van der Waals surface area (Å²) < 4.78 is 7.98. The van der Waals surface area contributed by atoms with Gasteiger partial charge < -0.3 is 19.7 Å². The number of amides is 1. The van der Waals surface area contributed by atoms with Gasteiger partial charge in [0.15, 0.2) is 0 Å². The van der Waals surface area contributed by atoms with Gasteiger partial charge >= 0.3 is 0 Å². The maximum atomic E-state index is 12.0. The van der Waals surface area contributed by atoms with Crippen molar-refractivity contribution in [1.82, 2.24) is 9.88 Å². The number of halogens is 1. The number of rotatable bonds is 9. The molecule has 1 aromatic rings. The fraction of sp³-hybridized carbons (Fsp3) is 0.615. The first kappa shape index (κ1) is 16.2. The first-order valence-electron chi connectivity index (χ1n) is 6.51. The molecule has 1 rings (SSSR count). The third-order valence-electron chi connectivity index (χ3n) is 2.55. The van der Waals surface area contributed by atoms with E-state index in [9.17, 15) is 4.79 Å². The number of aliphatic hydroxyl groups excluding tert-OH is 1. The highest BCUT2D eigenvalue weighted by Crippen LogP contribution is 2.15. The van der Waals surface area contributed by atoms with E-state index >= 15 is 0 Å². The van der Waals surface area contributed by atoms with Crippen LogP contribution >= 0.6 is 15.9 Å². The van der Waals surface area contributed by atoms with Crippen molar-refractivity contribution in [3.8, 4) is 0 Å². The molecule has 0 aliphatic carbocycles. The lowest BCUT2D eigenvalue weighted by molar-refractivity contribution is 0.0864. The summed E-state index contributed by atoms with van der Waals surface area (Å²) in [7, 11) is 0. The molecule has 1 heterocycles. The Labute approximate surface area is 122 Å². The van der Waals surface area contributed by atoms with E-state index in [4.69, 9.17) is 9.84 Å². The number of hydrogen-bond acceptors (Lipinski definition) is 3. The Morgan fingerprint density at radius 1 is 1.53 bits per heavy atom. The zero-order valence-electron chi connectivity index (χ0n) is 11.2. The minimum absolute atomic E-state index is 0.0327. The van der Waals surface area contributed by atoms with Gasteiger partial charge in [-0.2, -0.15) is 0 Å². The van der Waals surface area contributed by atoms with Crippen molar-refractivity contribution in [2.45, 2.75) is 26.3 Å². The molecule has 1 aromatic heterocycles. The second-order valence-electron chi connectivity index (χ2n) is 4.18. The highest BCUT2D eigenvalue weighted by molar-refractivity contribution is 9.10. The van der Waals surface area contributed by atoms with E-state index in [1.807, 2.05) is 16.8 Å². The van der Waals surface area contributed by atoms with Gasteiger partial charge in [0.2, 0.25) is 0 Å². The van der Waals surface area contributed by atoms with Gasteiger partial charge in [0.1, 0.15) is 5.69 Å². The average Bonchev–Trinajstić information content (AvgIpc) is 2.75. The van der Waals surface area contributed by atoms with Crippen LogP contribution in [0, 0.1) is 0 Å². The van der Waals surface area contributed by atoms with Gasteiger partial charge in [-0.3, -0.25) is 4.79 Å². The van der Waals surface area contributed by atoms with Crippen molar-refractivity contribution in [2.24, 2.45) is 0 Å². The molecule has 19 heavy (non-hydrogen) atoms. The predicted octanol–water partition coefficient (Wildman–Crippen LogP) is 1.79. The largest absolute Gasteiger partial charge is 0.394 e. The summed E-state index contributed by atoms with van der Waals surface area (Å²) >= 11 is 3.39. The van der Waals surface area contributed by atoms with E-state index < -0.39 is 0 Å². The number of ether oxygens (including phenoxy) is 1. The Kier molecular flexibility index (Phi) is 7.78. The summed E-state index contributed by atoms with van der Waals surface area (Å²) in [4.78, 5) is 12.0. The van der Waals surface area contributed by atoms with Crippen LogP contribution in [0.1, 0.15) is 30.3 Å². The van der Waals surface area contributed by atoms with Gasteiger partial charge in [-0.1, -0.05) is 6.92 Å². The lowest BCUT2D eigenvalue weighted by atomic mass is 10.3.